The molecule has 0 aliphatic carbocycles. The summed E-state index contributed by atoms with van der Waals surface area (Å²) in [5.74, 6) is -0.809. The third-order valence-corrected chi connectivity index (χ3v) is 2.43. The van der Waals surface area contributed by atoms with Gasteiger partial charge in [0.1, 0.15) is 11.5 Å². The number of nitrogens with one attached hydrogen (secondary N) is 1. The molecule has 0 radical (unpaired) electrons. The molecule has 4 nitrogen and oxygen atoms in total. The minimum absolute atomic E-state index is 0.190. The number of fused-ring (bicyclic) bond motifs is 1. The van der Waals surface area contributed by atoms with Crippen LogP contribution in [-0.2, 0) is 0 Å². The van der Waals surface area contributed by atoms with E-state index in [1.807, 2.05) is 0 Å². The van der Waals surface area contributed by atoms with Crippen LogP contribution in [0.1, 0.15) is 17.4 Å². The smallest absolute Gasteiger partial charge is 0.270 e. The van der Waals surface area contributed by atoms with Crippen molar-refractivity contribution in [3.8, 4) is 0 Å². The number of benzene rings is 1. The first-order chi connectivity index (χ1) is 8.13. The molecule has 3 N–H and O–H groups in total. The molecule has 88 valence electrons. The molecule has 0 fully saturated rings. The van der Waals surface area contributed by atoms with E-state index in [1.54, 1.807) is 13.0 Å². The summed E-state index contributed by atoms with van der Waals surface area (Å²) in [5, 5.41) is 3.68. The highest BCUT2D eigenvalue weighted by atomic mass is 19.1. The van der Waals surface area contributed by atoms with Gasteiger partial charge in [-0.2, -0.15) is 0 Å². The summed E-state index contributed by atoms with van der Waals surface area (Å²) in [4.78, 5) is 15.7. The number of hydrogen-bond donors (Lipinski definition) is 2. The molecule has 0 bridgehead atoms. The number of aromatic nitrogens is 1. The maximum Gasteiger partial charge on any atom is 0.270 e. The highest BCUT2D eigenvalue weighted by Gasteiger charge is 2.12. The molecule has 5 heteroatoms. The van der Waals surface area contributed by atoms with E-state index in [4.69, 9.17) is 5.73 Å². The number of nitrogen functional groups attached to an aromatic ring is 1. The molecular formula is C12H12FN3O. The minimum atomic E-state index is -0.478. The first-order valence-electron chi connectivity index (χ1n) is 5.25. The summed E-state index contributed by atoms with van der Waals surface area (Å²) in [6.45, 7) is 2.29. The van der Waals surface area contributed by atoms with E-state index in [1.165, 1.54) is 18.3 Å². The first-order valence-corrected chi connectivity index (χ1v) is 5.25. The highest BCUT2D eigenvalue weighted by molar-refractivity contribution is 6.07. The van der Waals surface area contributed by atoms with Crippen LogP contribution in [0, 0.1) is 5.82 Å². The SMILES string of the molecule is CCNC(=O)c1nccc2c(N)cc(F)cc12. The van der Waals surface area contributed by atoms with Gasteiger partial charge in [-0.15, -0.1) is 0 Å². The Morgan fingerprint density at radius 1 is 1.47 bits per heavy atom. The van der Waals surface area contributed by atoms with Crippen molar-refractivity contribution < 1.29 is 9.18 Å². The minimum Gasteiger partial charge on any atom is -0.398 e. The van der Waals surface area contributed by atoms with Gasteiger partial charge >= 0.3 is 0 Å². The van der Waals surface area contributed by atoms with Crippen molar-refractivity contribution >= 4 is 22.4 Å². The molecule has 0 spiro atoms. The number of halogens is 1. The van der Waals surface area contributed by atoms with Gasteiger partial charge in [-0.05, 0) is 25.1 Å². The molecule has 2 rings (SSSR count). The second kappa shape index (κ2) is 4.37. The zero-order chi connectivity index (χ0) is 12.4. The van der Waals surface area contributed by atoms with E-state index in [2.05, 4.69) is 10.3 Å². The molecule has 0 saturated heterocycles. The van der Waals surface area contributed by atoms with Crippen molar-refractivity contribution in [3.05, 3.63) is 35.9 Å². The summed E-state index contributed by atoms with van der Waals surface area (Å²) < 4.78 is 13.3. The Hall–Kier alpha value is -2.17. The topological polar surface area (TPSA) is 68.0 Å². The molecule has 0 aliphatic rings. The standard InChI is InChI=1S/C12H12FN3O/c1-2-15-12(17)11-9-5-7(13)6-10(14)8(9)3-4-16-11/h3-6H,2,14H2,1H3,(H,15,17). The third kappa shape index (κ3) is 2.04. The van der Waals surface area contributed by atoms with Gasteiger partial charge in [-0.3, -0.25) is 9.78 Å². The van der Waals surface area contributed by atoms with Crippen LogP contribution in [0.4, 0.5) is 10.1 Å². The normalized spacial score (nSPS) is 10.5. The van der Waals surface area contributed by atoms with Gasteiger partial charge in [0, 0.05) is 29.2 Å². The Bertz CT molecular complexity index is 583. The predicted molar refractivity (Wildman–Crippen MR) is 64.1 cm³/mol. The lowest BCUT2D eigenvalue weighted by Gasteiger charge is -2.07. The molecule has 0 aliphatic heterocycles. The van der Waals surface area contributed by atoms with Crippen LogP contribution in [0.15, 0.2) is 24.4 Å². The van der Waals surface area contributed by atoms with Crippen molar-refractivity contribution in [1.29, 1.82) is 0 Å². The predicted octanol–water partition coefficient (Wildman–Crippen LogP) is 1.71. The maximum absolute atomic E-state index is 13.3. The van der Waals surface area contributed by atoms with E-state index in [0.717, 1.165) is 0 Å². The molecule has 17 heavy (non-hydrogen) atoms. The summed E-state index contributed by atoms with van der Waals surface area (Å²) in [7, 11) is 0. The lowest BCUT2D eigenvalue weighted by molar-refractivity contribution is 0.0952. The van der Waals surface area contributed by atoms with Gasteiger partial charge in [0.15, 0.2) is 0 Å². The number of pyridine rings is 1. The third-order valence-electron chi connectivity index (χ3n) is 2.43. The van der Waals surface area contributed by atoms with Crippen molar-refractivity contribution in [2.45, 2.75) is 6.92 Å². The number of carbonyl (C=O) groups is 1. The van der Waals surface area contributed by atoms with Gasteiger partial charge in [0.25, 0.3) is 5.91 Å². The molecule has 0 atom stereocenters. The molecule has 1 aromatic carbocycles. The Morgan fingerprint density at radius 2 is 2.24 bits per heavy atom. The van der Waals surface area contributed by atoms with Crippen LogP contribution >= 0.6 is 0 Å². The second-order valence-corrected chi connectivity index (χ2v) is 3.61. The van der Waals surface area contributed by atoms with E-state index < -0.39 is 5.82 Å². The van der Waals surface area contributed by atoms with Crippen LogP contribution in [0.2, 0.25) is 0 Å². The summed E-state index contributed by atoms with van der Waals surface area (Å²) in [6.07, 6.45) is 1.49. The fourth-order valence-corrected chi connectivity index (χ4v) is 1.70. The van der Waals surface area contributed by atoms with E-state index in [0.29, 0.717) is 23.0 Å². The molecule has 1 aromatic heterocycles. The van der Waals surface area contributed by atoms with Crippen molar-refractivity contribution in [2.24, 2.45) is 0 Å². The monoisotopic (exact) mass is 233 g/mol. The number of nitrogens with two attached hydrogens (primary N) is 1. The number of hydrogen-bond acceptors (Lipinski definition) is 3. The highest BCUT2D eigenvalue weighted by Crippen LogP contribution is 2.24. The van der Waals surface area contributed by atoms with Crippen molar-refractivity contribution in [3.63, 3.8) is 0 Å². The first kappa shape index (κ1) is 11.3. The van der Waals surface area contributed by atoms with Crippen LogP contribution in [0.3, 0.4) is 0 Å². The Labute approximate surface area is 97.6 Å². The van der Waals surface area contributed by atoms with Gasteiger partial charge in [-0.25, -0.2) is 4.39 Å². The van der Waals surface area contributed by atoms with Crippen LogP contribution < -0.4 is 11.1 Å². The number of rotatable bonds is 2. The fourth-order valence-electron chi connectivity index (χ4n) is 1.70. The number of anilines is 1. The zero-order valence-corrected chi connectivity index (χ0v) is 9.33. The summed E-state index contributed by atoms with van der Waals surface area (Å²) >= 11 is 0. The number of carbonyl (C=O) groups excluding carboxylic acids is 1. The molecule has 1 amide bonds. The van der Waals surface area contributed by atoms with Crippen molar-refractivity contribution in [2.75, 3.05) is 12.3 Å². The van der Waals surface area contributed by atoms with E-state index >= 15 is 0 Å². The van der Waals surface area contributed by atoms with Gasteiger partial charge < -0.3 is 11.1 Å². The van der Waals surface area contributed by atoms with E-state index in [9.17, 15) is 9.18 Å². The lowest BCUT2D eigenvalue weighted by Crippen LogP contribution is -2.24. The van der Waals surface area contributed by atoms with Crippen LogP contribution in [0.25, 0.3) is 10.8 Å². The Morgan fingerprint density at radius 3 is 2.94 bits per heavy atom. The molecule has 1 heterocycles. The maximum atomic E-state index is 13.3. The van der Waals surface area contributed by atoms with Gasteiger partial charge in [-0.1, -0.05) is 0 Å². The number of amides is 1. The average molecular weight is 233 g/mol. The Balaban J connectivity index is 2.68. The van der Waals surface area contributed by atoms with Crippen LogP contribution in [-0.4, -0.2) is 17.4 Å². The van der Waals surface area contributed by atoms with E-state index in [-0.39, 0.29) is 11.6 Å². The summed E-state index contributed by atoms with van der Waals surface area (Å²) in [5.41, 5.74) is 6.19. The van der Waals surface area contributed by atoms with Gasteiger partial charge in [0.2, 0.25) is 0 Å². The second-order valence-electron chi connectivity index (χ2n) is 3.61. The van der Waals surface area contributed by atoms with Gasteiger partial charge in [0.05, 0.1) is 0 Å². The average Bonchev–Trinajstić information content (AvgIpc) is 2.28. The lowest BCUT2D eigenvalue weighted by atomic mass is 10.1. The zero-order valence-electron chi connectivity index (χ0n) is 9.33. The molecule has 0 saturated carbocycles. The molecule has 2 aromatic rings. The molecular weight excluding hydrogens is 221 g/mol. The molecule has 0 unspecified atom stereocenters. The Kier molecular flexibility index (Phi) is 2.91. The summed E-state index contributed by atoms with van der Waals surface area (Å²) in [6, 6.07) is 4.15. The van der Waals surface area contributed by atoms with Crippen LogP contribution in [0.5, 0.6) is 0 Å². The number of nitrogens with zero attached hydrogens (tertiary/aromatic N) is 1. The fraction of sp³-hybridized carbons (Fsp3) is 0.167. The largest absolute Gasteiger partial charge is 0.398 e. The van der Waals surface area contributed by atoms with Crippen molar-refractivity contribution in [1.82, 2.24) is 10.3 Å². The quantitative estimate of drug-likeness (QED) is 0.776.